The molecule has 2 fully saturated rings. The number of carbonyl (C=O) groups excluding carboxylic acids is 1. The number of ether oxygens (including phenoxy) is 1. The number of piperidine rings is 1. The molecule has 0 aliphatic carbocycles. The molecule has 1 aromatic carbocycles. The Balaban J connectivity index is 1.45. The molecular weight excluding hydrogens is 340 g/mol. The molecule has 6 heteroatoms. The zero-order valence-electron chi connectivity index (χ0n) is 16.0. The molecule has 6 nitrogen and oxygen atoms in total. The summed E-state index contributed by atoms with van der Waals surface area (Å²) in [5, 5.41) is 7.52. The summed E-state index contributed by atoms with van der Waals surface area (Å²) in [4.78, 5) is 17.0. The van der Waals surface area contributed by atoms with Gasteiger partial charge in [0.05, 0.1) is 26.0 Å². The van der Waals surface area contributed by atoms with Crippen LogP contribution in [0.5, 0.6) is 0 Å². The van der Waals surface area contributed by atoms with Crippen molar-refractivity contribution in [2.45, 2.75) is 25.7 Å². The number of amides is 1. The molecule has 27 heavy (non-hydrogen) atoms. The quantitative estimate of drug-likeness (QED) is 0.900. The second-order valence-corrected chi connectivity index (χ2v) is 7.63. The predicted molar refractivity (Wildman–Crippen MR) is 105 cm³/mol. The van der Waals surface area contributed by atoms with E-state index in [9.17, 15) is 4.79 Å². The monoisotopic (exact) mass is 368 g/mol. The maximum absolute atomic E-state index is 12.8. The van der Waals surface area contributed by atoms with Crippen LogP contribution in [0.4, 0.5) is 0 Å². The highest BCUT2D eigenvalue weighted by atomic mass is 16.5. The summed E-state index contributed by atoms with van der Waals surface area (Å²) in [6.07, 6.45) is 4.03. The Kier molecular flexibility index (Phi) is 5.55. The normalized spacial score (nSPS) is 21.4. The minimum Gasteiger partial charge on any atom is -0.379 e. The van der Waals surface area contributed by atoms with Crippen LogP contribution in [0.2, 0.25) is 0 Å². The van der Waals surface area contributed by atoms with Gasteiger partial charge in [0.15, 0.2) is 0 Å². The highest BCUT2D eigenvalue weighted by Crippen LogP contribution is 2.33. The summed E-state index contributed by atoms with van der Waals surface area (Å²) in [6.45, 7) is 7.37. The van der Waals surface area contributed by atoms with Crippen molar-refractivity contribution in [3.63, 3.8) is 0 Å². The molecule has 1 aromatic heterocycles. The fourth-order valence-corrected chi connectivity index (χ4v) is 4.06. The van der Waals surface area contributed by atoms with E-state index < -0.39 is 0 Å². The Morgan fingerprint density at radius 3 is 2.78 bits per heavy atom. The SMILES string of the molecule is Cc1ccc(-c2cn[nH]c2[C@H]2CCCN(C(=O)CN3CCOCC3)C2)cc1. The molecule has 0 saturated carbocycles. The summed E-state index contributed by atoms with van der Waals surface area (Å²) >= 11 is 0. The third kappa shape index (κ3) is 4.22. The first-order chi connectivity index (χ1) is 13.2. The number of carbonyl (C=O) groups is 1. The van der Waals surface area contributed by atoms with Crippen molar-refractivity contribution in [3.8, 4) is 11.1 Å². The summed E-state index contributed by atoms with van der Waals surface area (Å²) in [6, 6.07) is 8.55. The molecular formula is C21H28N4O2. The Bertz CT molecular complexity index is 765. The number of aromatic amines is 1. The first-order valence-corrected chi connectivity index (χ1v) is 9.89. The van der Waals surface area contributed by atoms with Crippen LogP contribution in [0.1, 0.15) is 30.0 Å². The molecule has 2 aromatic rings. The minimum absolute atomic E-state index is 0.234. The molecule has 1 atom stereocenters. The van der Waals surface area contributed by atoms with E-state index in [4.69, 9.17) is 4.74 Å². The second kappa shape index (κ2) is 8.23. The fraction of sp³-hybridized carbons (Fsp3) is 0.524. The molecule has 0 radical (unpaired) electrons. The Morgan fingerprint density at radius 2 is 2.00 bits per heavy atom. The minimum atomic E-state index is 0.234. The van der Waals surface area contributed by atoms with Crippen molar-refractivity contribution < 1.29 is 9.53 Å². The van der Waals surface area contributed by atoms with Crippen LogP contribution in [0.3, 0.4) is 0 Å². The molecule has 2 aliphatic heterocycles. The van der Waals surface area contributed by atoms with Crippen LogP contribution in [0.25, 0.3) is 11.1 Å². The zero-order valence-corrected chi connectivity index (χ0v) is 16.0. The van der Waals surface area contributed by atoms with Gasteiger partial charge < -0.3 is 9.64 Å². The number of morpholine rings is 1. The van der Waals surface area contributed by atoms with Gasteiger partial charge in [-0.2, -0.15) is 5.10 Å². The van der Waals surface area contributed by atoms with Gasteiger partial charge in [-0.3, -0.25) is 14.8 Å². The van der Waals surface area contributed by atoms with Gasteiger partial charge in [0.1, 0.15) is 0 Å². The van der Waals surface area contributed by atoms with Crippen LogP contribution in [0, 0.1) is 6.92 Å². The van der Waals surface area contributed by atoms with Crippen molar-refractivity contribution in [3.05, 3.63) is 41.7 Å². The Morgan fingerprint density at radius 1 is 1.22 bits per heavy atom. The van der Waals surface area contributed by atoms with Gasteiger partial charge in [-0.05, 0) is 25.3 Å². The van der Waals surface area contributed by atoms with Gasteiger partial charge in [0.25, 0.3) is 0 Å². The van der Waals surface area contributed by atoms with Gasteiger partial charge in [0, 0.05) is 43.4 Å². The van der Waals surface area contributed by atoms with E-state index in [2.05, 4.69) is 46.3 Å². The summed E-state index contributed by atoms with van der Waals surface area (Å²) < 4.78 is 5.38. The van der Waals surface area contributed by atoms with Crippen molar-refractivity contribution in [1.29, 1.82) is 0 Å². The van der Waals surface area contributed by atoms with E-state index in [0.29, 0.717) is 12.5 Å². The van der Waals surface area contributed by atoms with Gasteiger partial charge in [-0.1, -0.05) is 29.8 Å². The number of H-pyrrole nitrogens is 1. The van der Waals surface area contributed by atoms with E-state index in [1.165, 1.54) is 11.1 Å². The molecule has 2 aliphatic rings. The smallest absolute Gasteiger partial charge is 0.236 e. The van der Waals surface area contributed by atoms with Crippen molar-refractivity contribution >= 4 is 5.91 Å². The van der Waals surface area contributed by atoms with Crippen LogP contribution in [0.15, 0.2) is 30.5 Å². The first-order valence-electron chi connectivity index (χ1n) is 9.89. The summed E-state index contributed by atoms with van der Waals surface area (Å²) in [5.41, 5.74) is 4.74. The average Bonchev–Trinajstić information content (AvgIpc) is 3.19. The molecule has 3 heterocycles. The summed E-state index contributed by atoms with van der Waals surface area (Å²) in [7, 11) is 0. The third-order valence-electron chi connectivity index (χ3n) is 5.68. The molecule has 0 spiro atoms. The molecule has 1 amide bonds. The number of likely N-dealkylation sites (tertiary alicyclic amines) is 1. The van der Waals surface area contributed by atoms with E-state index in [1.807, 2.05) is 11.1 Å². The van der Waals surface area contributed by atoms with E-state index in [1.54, 1.807) is 0 Å². The standard InChI is InChI=1S/C21H28N4O2/c1-16-4-6-17(7-5-16)19-13-22-23-21(19)18-3-2-8-25(14-18)20(26)15-24-9-11-27-12-10-24/h4-7,13,18H,2-3,8-12,14-15H2,1H3,(H,22,23)/t18-/m0/s1. The number of hydrogen-bond donors (Lipinski definition) is 1. The molecule has 144 valence electrons. The third-order valence-corrected chi connectivity index (χ3v) is 5.68. The van der Waals surface area contributed by atoms with E-state index in [-0.39, 0.29) is 5.91 Å². The maximum Gasteiger partial charge on any atom is 0.236 e. The number of benzene rings is 1. The highest BCUT2D eigenvalue weighted by molar-refractivity contribution is 5.78. The van der Waals surface area contributed by atoms with Crippen LogP contribution < -0.4 is 0 Å². The maximum atomic E-state index is 12.8. The zero-order chi connectivity index (χ0) is 18.6. The lowest BCUT2D eigenvalue weighted by Crippen LogP contribution is -2.47. The molecule has 0 bridgehead atoms. The number of aryl methyl sites for hydroxylation is 1. The van der Waals surface area contributed by atoms with Crippen LogP contribution >= 0.6 is 0 Å². The Labute approximate surface area is 160 Å². The average molecular weight is 368 g/mol. The Hall–Kier alpha value is -2.18. The van der Waals surface area contributed by atoms with Crippen molar-refractivity contribution in [1.82, 2.24) is 20.0 Å². The predicted octanol–water partition coefficient (Wildman–Crippen LogP) is 2.42. The number of rotatable bonds is 4. The lowest BCUT2D eigenvalue weighted by atomic mass is 9.90. The second-order valence-electron chi connectivity index (χ2n) is 7.63. The molecule has 4 rings (SSSR count). The number of aromatic nitrogens is 2. The largest absolute Gasteiger partial charge is 0.379 e. The van der Waals surface area contributed by atoms with E-state index in [0.717, 1.165) is 63.5 Å². The number of nitrogens with zero attached hydrogens (tertiary/aromatic N) is 3. The lowest BCUT2D eigenvalue weighted by Gasteiger charge is -2.35. The first kappa shape index (κ1) is 18.2. The van der Waals surface area contributed by atoms with Crippen molar-refractivity contribution in [2.24, 2.45) is 0 Å². The molecule has 1 N–H and O–H groups in total. The van der Waals surface area contributed by atoms with E-state index >= 15 is 0 Å². The lowest BCUT2D eigenvalue weighted by molar-refractivity contribution is -0.134. The number of nitrogens with one attached hydrogen (secondary N) is 1. The van der Waals surface area contributed by atoms with Gasteiger partial charge in [0.2, 0.25) is 5.91 Å². The van der Waals surface area contributed by atoms with Gasteiger partial charge >= 0.3 is 0 Å². The topological polar surface area (TPSA) is 61.5 Å². The highest BCUT2D eigenvalue weighted by Gasteiger charge is 2.28. The van der Waals surface area contributed by atoms with Crippen LogP contribution in [-0.4, -0.2) is 71.8 Å². The van der Waals surface area contributed by atoms with Gasteiger partial charge in [-0.25, -0.2) is 0 Å². The fourth-order valence-electron chi connectivity index (χ4n) is 4.06. The number of hydrogen-bond acceptors (Lipinski definition) is 4. The molecule has 0 unspecified atom stereocenters. The van der Waals surface area contributed by atoms with Crippen LogP contribution in [-0.2, 0) is 9.53 Å². The van der Waals surface area contributed by atoms with Crippen molar-refractivity contribution in [2.75, 3.05) is 45.9 Å². The molecule has 2 saturated heterocycles. The summed E-state index contributed by atoms with van der Waals surface area (Å²) in [5.74, 6) is 0.546. The van der Waals surface area contributed by atoms with Gasteiger partial charge in [-0.15, -0.1) is 0 Å².